The fourth-order valence-electron chi connectivity index (χ4n) is 4.79. The summed E-state index contributed by atoms with van der Waals surface area (Å²) < 4.78 is 6.94. The predicted molar refractivity (Wildman–Crippen MR) is 108 cm³/mol. The van der Waals surface area contributed by atoms with Crippen molar-refractivity contribution in [3.8, 4) is 0 Å². The largest absolute Gasteiger partial charge is 0.372 e. The van der Waals surface area contributed by atoms with Crippen molar-refractivity contribution in [1.82, 2.24) is 19.6 Å². The predicted octanol–water partition coefficient (Wildman–Crippen LogP) is 2.04. The molecule has 0 N–H and O–H groups in total. The summed E-state index contributed by atoms with van der Waals surface area (Å²) in [6.07, 6.45) is 1.65. The fourth-order valence-corrected chi connectivity index (χ4v) is 4.79. The van der Waals surface area contributed by atoms with Gasteiger partial charge in [0.25, 0.3) is 5.91 Å². The molecule has 0 aliphatic carbocycles. The van der Waals surface area contributed by atoms with Gasteiger partial charge in [-0.1, -0.05) is 24.3 Å². The highest BCUT2D eigenvalue weighted by atomic mass is 16.5. The molecule has 0 bridgehead atoms. The van der Waals surface area contributed by atoms with Crippen LogP contribution in [0.1, 0.15) is 34.6 Å². The number of hydrogen-bond acceptors (Lipinski definition) is 4. The summed E-state index contributed by atoms with van der Waals surface area (Å²) in [7, 11) is 1.79. The third-order valence-corrected chi connectivity index (χ3v) is 6.25. The van der Waals surface area contributed by atoms with Crippen molar-refractivity contribution >= 4 is 11.8 Å². The van der Waals surface area contributed by atoms with E-state index in [2.05, 4.69) is 24.2 Å². The summed E-state index contributed by atoms with van der Waals surface area (Å²) in [4.78, 5) is 29.8. The lowest BCUT2D eigenvalue weighted by Gasteiger charge is -2.31. The number of carbonyl (C=O) groups is 2. The van der Waals surface area contributed by atoms with Crippen LogP contribution in [-0.2, 0) is 16.6 Å². The summed E-state index contributed by atoms with van der Waals surface area (Å²) in [6.45, 7) is 6.61. The Morgan fingerprint density at radius 2 is 1.97 bits per heavy atom. The minimum atomic E-state index is -0.0477. The molecule has 0 unspecified atom stereocenters. The maximum atomic E-state index is 13.4. The lowest BCUT2D eigenvalue weighted by Crippen LogP contribution is -2.39. The molecule has 0 radical (unpaired) electrons. The number of fused-ring (bicyclic) bond motifs is 1. The Morgan fingerprint density at radius 1 is 1.17 bits per heavy atom. The van der Waals surface area contributed by atoms with E-state index >= 15 is 0 Å². The van der Waals surface area contributed by atoms with E-state index in [-0.39, 0.29) is 36.3 Å². The van der Waals surface area contributed by atoms with Gasteiger partial charge >= 0.3 is 0 Å². The summed E-state index contributed by atoms with van der Waals surface area (Å²) in [5.74, 6) is 0.523. The van der Waals surface area contributed by atoms with E-state index in [1.54, 1.807) is 24.0 Å². The van der Waals surface area contributed by atoms with E-state index in [0.717, 1.165) is 5.56 Å². The lowest BCUT2D eigenvalue weighted by molar-refractivity contribution is -0.135. The van der Waals surface area contributed by atoms with E-state index in [1.807, 2.05) is 28.9 Å². The van der Waals surface area contributed by atoms with Gasteiger partial charge < -0.3 is 14.5 Å². The van der Waals surface area contributed by atoms with E-state index < -0.39 is 0 Å². The van der Waals surface area contributed by atoms with Crippen LogP contribution < -0.4 is 0 Å². The highest BCUT2D eigenvalue weighted by Crippen LogP contribution is 2.46. The SMILES string of the molecule is CCOCC(=O)N1C[C@H]2CN(C(=O)c3ccnn3C)[C@H](c3ccccc3C)[C@H]2C1. The first-order chi connectivity index (χ1) is 14.0. The molecule has 3 heterocycles. The second kappa shape index (κ2) is 7.99. The van der Waals surface area contributed by atoms with Gasteiger partial charge in [0.15, 0.2) is 0 Å². The number of likely N-dealkylation sites (tertiary alicyclic amines) is 2. The Hall–Kier alpha value is -2.67. The number of rotatable bonds is 5. The molecule has 1 aromatic heterocycles. The van der Waals surface area contributed by atoms with Gasteiger partial charge in [0.1, 0.15) is 12.3 Å². The topological polar surface area (TPSA) is 67.7 Å². The molecule has 2 saturated heterocycles. The summed E-state index contributed by atoms with van der Waals surface area (Å²) >= 11 is 0. The summed E-state index contributed by atoms with van der Waals surface area (Å²) in [5.41, 5.74) is 2.92. The van der Waals surface area contributed by atoms with Crippen LogP contribution in [0.3, 0.4) is 0 Å². The molecular formula is C22H28N4O3. The molecule has 1 aromatic carbocycles. The molecule has 2 aliphatic heterocycles. The molecular weight excluding hydrogens is 368 g/mol. The highest BCUT2D eigenvalue weighted by Gasteiger charge is 2.50. The molecule has 2 aromatic rings. The van der Waals surface area contributed by atoms with Crippen molar-refractivity contribution in [3.05, 3.63) is 53.3 Å². The molecule has 3 atom stereocenters. The molecule has 0 spiro atoms. The van der Waals surface area contributed by atoms with E-state index in [1.165, 1.54) is 5.56 Å². The van der Waals surface area contributed by atoms with Crippen LogP contribution in [0.25, 0.3) is 0 Å². The van der Waals surface area contributed by atoms with Gasteiger partial charge in [0.05, 0.1) is 6.04 Å². The molecule has 7 heteroatoms. The molecule has 7 nitrogen and oxygen atoms in total. The van der Waals surface area contributed by atoms with Crippen LogP contribution in [0.4, 0.5) is 0 Å². The molecule has 4 rings (SSSR count). The van der Waals surface area contributed by atoms with Crippen LogP contribution in [0.15, 0.2) is 36.5 Å². The van der Waals surface area contributed by atoms with Crippen LogP contribution in [0.5, 0.6) is 0 Å². The molecule has 154 valence electrons. The Bertz CT molecular complexity index is 909. The Morgan fingerprint density at radius 3 is 2.66 bits per heavy atom. The number of ether oxygens (including phenoxy) is 1. The van der Waals surface area contributed by atoms with E-state index in [0.29, 0.717) is 31.9 Å². The second-order valence-electron chi connectivity index (χ2n) is 7.96. The Balaban J connectivity index is 1.63. The zero-order valence-corrected chi connectivity index (χ0v) is 17.2. The number of carbonyl (C=O) groups excluding carboxylic acids is 2. The van der Waals surface area contributed by atoms with Gasteiger partial charge in [-0.3, -0.25) is 14.3 Å². The van der Waals surface area contributed by atoms with Crippen LogP contribution >= 0.6 is 0 Å². The van der Waals surface area contributed by atoms with Gasteiger partial charge in [0.2, 0.25) is 5.91 Å². The number of nitrogens with zero attached hydrogens (tertiary/aromatic N) is 4. The van der Waals surface area contributed by atoms with Gasteiger partial charge in [-0.2, -0.15) is 5.10 Å². The lowest BCUT2D eigenvalue weighted by atomic mass is 9.87. The van der Waals surface area contributed by atoms with Gasteiger partial charge in [-0.15, -0.1) is 0 Å². The van der Waals surface area contributed by atoms with Crippen molar-refractivity contribution in [3.63, 3.8) is 0 Å². The molecule has 2 amide bonds. The number of benzene rings is 1. The quantitative estimate of drug-likeness (QED) is 0.776. The van der Waals surface area contributed by atoms with Crippen molar-refractivity contribution < 1.29 is 14.3 Å². The monoisotopic (exact) mass is 396 g/mol. The third-order valence-electron chi connectivity index (χ3n) is 6.25. The van der Waals surface area contributed by atoms with Crippen LogP contribution in [-0.4, -0.2) is 64.2 Å². The van der Waals surface area contributed by atoms with Crippen molar-refractivity contribution in [1.29, 1.82) is 0 Å². The minimum Gasteiger partial charge on any atom is -0.372 e. The fraction of sp³-hybridized carbons (Fsp3) is 0.500. The smallest absolute Gasteiger partial charge is 0.272 e. The number of aromatic nitrogens is 2. The molecule has 2 fully saturated rings. The van der Waals surface area contributed by atoms with E-state index in [9.17, 15) is 9.59 Å². The van der Waals surface area contributed by atoms with Crippen molar-refractivity contribution in [2.24, 2.45) is 18.9 Å². The highest BCUT2D eigenvalue weighted by molar-refractivity contribution is 5.93. The van der Waals surface area contributed by atoms with Crippen LogP contribution in [0, 0.1) is 18.8 Å². The van der Waals surface area contributed by atoms with Gasteiger partial charge in [-0.05, 0) is 31.0 Å². The van der Waals surface area contributed by atoms with Gasteiger partial charge in [-0.25, -0.2) is 0 Å². The zero-order chi connectivity index (χ0) is 20.5. The first kappa shape index (κ1) is 19.6. The van der Waals surface area contributed by atoms with Crippen molar-refractivity contribution in [2.75, 3.05) is 32.8 Å². The van der Waals surface area contributed by atoms with Gasteiger partial charge in [0, 0.05) is 51.3 Å². The second-order valence-corrected chi connectivity index (χ2v) is 7.96. The minimum absolute atomic E-state index is 0.000143. The average molecular weight is 396 g/mol. The standard InChI is InChI=1S/C22H28N4O3/c1-4-29-14-20(27)25-11-16-12-26(22(28)19-9-10-23-24(19)3)21(18(16)13-25)17-8-6-5-7-15(17)2/h5-10,16,18,21H,4,11-14H2,1-3H3/t16-,18-,21+/m0/s1. The first-order valence-electron chi connectivity index (χ1n) is 10.2. The number of hydrogen-bond donors (Lipinski definition) is 0. The third kappa shape index (κ3) is 3.55. The maximum Gasteiger partial charge on any atom is 0.272 e. The zero-order valence-electron chi connectivity index (χ0n) is 17.2. The van der Waals surface area contributed by atoms with E-state index in [4.69, 9.17) is 4.74 Å². The van der Waals surface area contributed by atoms with Crippen molar-refractivity contribution in [2.45, 2.75) is 19.9 Å². The van der Waals surface area contributed by atoms with Crippen LogP contribution in [0.2, 0.25) is 0 Å². The molecule has 29 heavy (non-hydrogen) atoms. The number of amides is 2. The normalized spacial score (nSPS) is 23.5. The summed E-state index contributed by atoms with van der Waals surface area (Å²) in [6, 6.07) is 9.95. The first-order valence-corrected chi connectivity index (χ1v) is 10.2. The Kier molecular flexibility index (Phi) is 5.41. The summed E-state index contributed by atoms with van der Waals surface area (Å²) in [5, 5.41) is 4.16. The average Bonchev–Trinajstić information content (AvgIpc) is 3.40. The maximum absolute atomic E-state index is 13.4. The molecule has 0 saturated carbocycles. The molecule has 2 aliphatic rings. The Labute approximate surface area is 171 Å². The number of aryl methyl sites for hydroxylation is 2.